The Labute approximate surface area is 244 Å². The van der Waals surface area contributed by atoms with Crippen molar-refractivity contribution in [2.45, 2.75) is 55.9 Å². The van der Waals surface area contributed by atoms with Crippen molar-refractivity contribution in [3.8, 4) is 23.0 Å². The Balaban J connectivity index is 0.00000300. The number of piperazine rings is 1. The smallest absolute Gasteiger partial charge is 0.319 e. The largest absolute Gasteiger partial charge is 0.497 e. The van der Waals surface area contributed by atoms with Crippen LogP contribution in [0.25, 0.3) is 32.9 Å². The molecule has 0 saturated carbocycles. The van der Waals surface area contributed by atoms with E-state index in [0.29, 0.717) is 47.6 Å². The van der Waals surface area contributed by atoms with E-state index in [4.69, 9.17) is 14.5 Å². The van der Waals surface area contributed by atoms with Gasteiger partial charge in [-0.15, -0.1) is 0 Å². The van der Waals surface area contributed by atoms with Crippen molar-refractivity contribution in [3.05, 3.63) is 48.4 Å². The van der Waals surface area contributed by atoms with E-state index in [1.807, 2.05) is 36.4 Å². The Morgan fingerprint density at radius 3 is 2.76 bits per heavy atom. The van der Waals surface area contributed by atoms with E-state index < -0.39 is 12.0 Å². The molecule has 8 nitrogen and oxygen atoms in total. The van der Waals surface area contributed by atoms with Gasteiger partial charge in [0.2, 0.25) is 0 Å². The lowest BCUT2D eigenvalue weighted by molar-refractivity contribution is 0.107. The number of aromatic nitrogens is 3. The zero-order chi connectivity index (χ0) is 28.4. The third kappa shape index (κ3) is 4.26. The highest BCUT2D eigenvalue weighted by atomic mass is 19.1. The summed E-state index contributed by atoms with van der Waals surface area (Å²) >= 11 is 0. The molecule has 2 unspecified atom stereocenters. The SMILES string of the molecule is COc1cc(-c2ncc3c(N4CC5CCC(C4)N5)nc(OC[C@@]45CCCN4C[C@H](F)C5)nc3c2F)c2ccccc2c1.[HH]. The molecule has 0 aliphatic carbocycles. The summed E-state index contributed by atoms with van der Waals surface area (Å²) in [6.45, 7) is 3.13. The number of methoxy groups -OCH3 is 1. The van der Waals surface area contributed by atoms with Gasteiger partial charge in [-0.3, -0.25) is 9.88 Å². The molecule has 4 saturated heterocycles. The van der Waals surface area contributed by atoms with Crippen LogP contribution in [0, 0.1) is 5.82 Å². The molecule has 4 aromatic rings. The van der Waals surface area contributed by atoms with Crippen molar-refractivity contribution < 1.29 is 19.7 Å². The number of nitrogens with one attached hydrogen (secondary N) is 1. The van der Waals surface area contributed by atoms with Gasteiger partial charge in [0.05, 0.1) is 18.0 Å². The van der Waals surface area contributed by atoms with Gasteiger partial charge >= 0.3 is 6.01 Å². The van der Waals surface area contributed by atoms with Crippen LogP contribution in [-0.2, 0) is 0 Å². The lowest BCUT2D eigenvalue weighted by Gasteiger charge is -2.34. The van der Waals surface area contributed by atoms with E-state index in [9.17, 15) is 4.39 Å². The monoisotopic (exact) mass is 574 g/mol. The number of rotatable bonds is 6. The molecule has 0 radical (unpaired) electrons. The molecule has 42 heavy (non-hydrogen) atoms. The Morgan fingerprint density at radius 1 is 1.10 bits per heavy atom. The van der Waals surface area contributed by atoms with Gasteiger partial charge < -0.3 is 19.7 Å². The van der Waals surface area contributed by atoms with Crippen LogP contribution in [0.3, 0.4) is 0 Å². The number of benzene rings is 2. The van der Waals surface area contributed by atoms with Crippen LogP contribution in [0.1, 0.15) is 33.5 Å². The topological polar surface area (TPSA) is 75.6 Å². The van der Waals surface area contributed by atoms with Gasteiger partial charge in [0.15, 0.2) is 5.82 Å². The van der Waals surface area contributed by atoms with E-state index in [-0.39, 0.29) is 30.8 Å². The number of alkyl halides is 1. The number of hydrogen-bond acceptors (Lipinski definition) is 8. The molecule has 220 valence electrons. The highest BCUT2D eigenvalue weighted by molar-refractivity contribution is 6.00. The van der Waals surface area contributed by atoms with Gasteiger partial charge in [0.1, 0.15) is 35.6 Å². The molecule has 0 amide bonds. The first-order chi connectivity index (χ1) is 20.5. The van der Waals surface area contributed by atoms with Crippen molar-refractivity contribution in [1.29, 1.82) is 0 Å². The number of ether oxygens (including phenoxy) is 2. The maximum atomic E-state index is 16.7. The third-order valence-electron chi connectivity index (χ3n) is 9.72. The minimum absolute atomic E-state index is 0. The van der Waals surface area contributed by atoms with Gasteiger partial charge in [-0.2, -0.15) is 9.97 Å². The van der Waals surface area contributed by atoms with Gasteiger partial charge in [-0.05, 0) is 55.1 Å². The van der Waals surface area contributed by atoms with Gasteiger partial charge in [0.25, 0.3) is 0 Å². The fourth-order valence-electron chi connectivity index (χ4n) is 7.73. The van der Waals surface area contributed by atoms with Gasteiger partial charge in [0, 0.05) is 51.3 Å². The second kappa shape index (κ2) is 9.98. The minimum atomic E-state index is -0.859. The van der Waals surface area contributed by atoms with Crippen LogP contribution in [0.4, 0.5) is 14.6 Å². The number of anilines is 1. The number of pyridine rings is 1. The lowest BCUT2D eigenvalue weighted by Crippen LogP contribution is -2.51. The van der Waals surface area contributed by atoms with Crippen LogP contribution in [0.5, 0.6) is 11.8 Å². The van der Waals surface area contributed by atoms with Crippen LogP contribution < -0.4 is 19.7 Å². The lowest BCUT2D eigenvalue weighted by atomic mass is 9.95. The summed E-state index contributed by atoms with van der Waals surface area (Å²) in [5.74, 6) is 0.733. The molecule has 4 aliphatic rings. The molecule has 0 spiro atoms. The third-order valence-corrected chi connectivity index (χ3v) is 9.72. The fraction of sp³-hybridized carbons (Fsp3) is 0.469. The zero-order valence-electron chi connectivity index (χ0n) is 23.7. The van der Waals surface area contributed by atoms with Crippen molar-refractivity contribution in [2.75, 3.05) is 44.8 Å². The van der Waals surface area contributed by atoms with Crippen LogP contribution in [0.2, 0.25) is 0 Å². The summed E-state index contributed by atoms with van der Waals surface area (Å²) in [5.41, 5.74) is 0.652. The first-order valence-corrected chi connectivity index (χ1v) is 15.0. The highest BCUT2D eigenvalue weighted by Crippen LogP contribution is 2.41. The molecule has 4 fully saturated rings. The molecule has 2 aromatic heterocycles. The second-order valence-electron chi connectivity index (χ2n) is 12.3. The predicted octanol–water partition coefficient (Wildman–Crippen LogP) is 5.13. The number of fused-ring (bicyclic) bond motifs is 5. The standard InChI is InChI=1S/C32H34F2N6O2.H2/c1-41-23-11-19-5-2-3-6-24(19)25(12-23)28-27(34)29-26(14-35-28)30(39-16-21-7-8-22(17-39)36-21)38-31(37-29)42-18-32-9-4-10-40(32)15-20(33)13-32;/h2-3,5-6,11-12,14,20-22,36H,4,7-10,13,15-18H2,1H3;1H/t20-,21?,22?,32+;/m1./s1. The maximum Gasteiger partial charge on any atom is 0.319 e. The van der Waals surface area contributed by atoms with E-state index in [0.717, 1.165) is 56.1 Å². The minimum Gasteiger partial charge on any atom is -0.497 e. The molecule has 6 heterocycles. The molecule has 1 N–H and O–H groups in total. The molecule has 2 aromatic carbocycles. The first kappa shape index (κ1) is 26.0. The van der Waals surface area contributed by atoms with Crippen LogP contribution >= 0.6 is 0 Å². The number of halogens is 2. The van der Waals surface area contributed by atoms with E-state index >= 15 is 4.39 Å². The molecule has 4 atom stereocenters. The summed E-state index contributed by atoms with van der Waals surface area (Å²) in [4.78, 5) is 18.6. The maximum absolute atomic E-state index is 16.7. The summed E-state index contributed by atoms with van der Waals surface area (Å²) in [6, 6.07) is 12.4. The van der Waals surface area contributed by atoms with E-state index in [1.54, 1.807) is 13.3 Å². The van der Waals surface area contributed by atoms with Gasteiger partial charge in [-0.1, -0.05) is 24.3 Å². The average Bonchev–Trinajstić information content (AvgIpc) is 3.65. The molecule has 4 aliphatic heterocycles. The summed E-state index contributed by atoms with van der Waals surface area (Å²) in [7, 11) is 1.60. The second-order valence-corrected chi connectivity index (χ2v) is 12.3. The summed E-state index contributed by atoms with van der Waals surface area (Å²) in [5, 5.41) is 6.01. The van der Waals surface area contributed by atoms with Crippen LogP contribution in [0.15, 0.2) is 42.6 Å². The molecule has 10 heteroatoms. The average molecular weight is 575 g/mol. The predicted molar refractivity (Wildman–Crippen MR) is 160 cm³/mol. The molecular weight excluding hydrogens is 538 g/mol. The fourth-order valence-corrected chi connectivity index (χ4v) is 7.73. The Bertz CT molecular complexity index is 1680. The molecule has 8 rings (SSSR count). The first-order valence-electron chi connectivity index (χ1n) is 15.0. The van der Waals surface area contributed by atoms with Crippen molar-refractivity contribution >= 4 is 27.5 Å². The summed E-state index contributed by atoms with van der Waals surface area (Å²) < 4.78 is 42.9. The van der Waals surface area contributed by atoms with E-state index in [2.05, 4.69) is 25.1 Å². The molecular formula is C32H36F2N6O2. The zero-order valence-corrected chi connectivity index (χ0v) is 23.7. The molecule has 2 bridgehead atoms. The number of hydrogen-bond donors (Lipinski definition) is 1. The summed E-state index contributed by atoms with van der Waals surface area (Å²) in [6.07, 6.45) is 5.38. The van der Waals surface area contributed by atoms with E-state index in [1.165, 1.54) is 0 Å². The van der Waals surface area contributed by atoms with Crippen LogP contribution in [-0.4, -0.2) is 83.5 Å². The van der Waals surface area contributed by atoms with Crippen molar-refractivity contribution in [2.24, 2.45) is 0 Å². The quantitative estimate of drug-likeness (QED) is 0.340. The Morgan fingerprint density at radius 2 is 1.93 bits per heavy atom. The highest BCUT2D eigenvalue weighted by Gasteiger charge is 2.49. The van der Waals surface area contributed by atoms with Crippen molar-refractivity contribution in [3.63, 3.8) is 0 Å². The number of nitrogens with zero attached hydrogens (tertiary/aromatic N) is 5. The van der Waals surface area contributed by atoms with Gasteiger partial charge in [-0.25, -0.2) is 8.78 Å². The Hall–Kier alpha value is -3.63. The van der Waals surface area contributed by atoms with Crippen molar-refractivity contribution in [1.82, 2.24) is 25.2 Å². The Kier molecular flexibility index (Phi) is 6.19. The normalized spacial score (nSPS) is 27.2.